The number of amidine groups is 1. The Morgan fingerprint density at radius 3 is 2.21 bits per heavy atom. The van der Waals surface area contributed by atoms with E-state index in [1.165, 1.54) is 61.1 Å². The third kappa shape index (κ3) is 6.19. The molecule has 308 valence electrons. The Morgan fingerprint density at radius 2 is 1.40 bits per heavy atom. The summed E-state index contributed by atoms with van der Waals surface area (Å²) >= 11 is 0. The van der Waals surface area contributed by atoms with E-state index >= 15 is 0 Å². The van der Waals surface area contributed by atoms with E-state index in [1.807, 2.05) is 0 Å². The molecule has 5 aliphatic carbocycles. The number of anilines is 2. The van der Waals surface area contributed by atoms with Gasteiger partial charge in [-0.3, -0.25) is 5.32 Å². The van der Waals surface area contributed by atoms with Gasteiger partial charge < -0.3 is 14.8 Å². The highest BCUT2D eigenvalue weighted by Crippen LogP contribution is 2.67. The molecule has 7 aliphatic rings. The summed E-state index contributed by atoms with van der Waals surface area (Å²) in [6.07, 6.45) is 28.3. The standard InChI is InChI=1S/C58H51N5/c1-4-14-37(15-5-1)38-24-29-43(30-25-38)62-49-22-12-10-20-45(49)48-36-42(28-34-51(48)62)53-47-33-35-52-54(55(47)53)46-21-11-13-23-50(46)63(52)44-31-26-41(27-32-44)58-60-56(39-16-6-2-7-17-39)59-57(61-58)40-18-8-3-9-19-40/h1-9,11-18,21-27,29-36,40,42,47,52-55,57-58,61H,10,19-20,28H2,(H,59,60). The van der Waals surface area contributed by atoms with E-state index in [9.17, 15) is 0 Å². The largest absolute Gasteiger partial charge is 0.354 e. The van der Waals surface area contributed by atoms with Gasteiger partial charge in [0, 0.05) is 45.5 Å². The Kier molecular flexibility index (Phi) is 8.79. The summed E-state index contributed by atoms with van der Waals surface area (Å²) in [5, 5.41) is 10.5. The highest BCUT2D eigenvalue weighted by molar-refractivity contribution is 5.99. The zero-order chi connectivity index (χ0) is 41.4. The summed E-state index contributed by atoms with van der Waals surface area (Å²) in [4.78, 5) is 7.88. The number of hydrogen-bond donors (Lipinski definition) is 2. The predicted octanol–water partition coefficient (Wildman–Crippen LogP) is 10.5. The second-order valence-electron chi connectivity index (χ2n) is 18.5. The van der Waals surface area contributed by atoms with Crippen molar-refractivity contribution < 1.29 is 0 Å². The van der Waals surface area contributed by atoms with E-state index in [0.29, 0.717) is 41.5 Å². The first-order valence-corrected chi connectivity index (χ1v) is 23.2. The molecule has 5 nitrogen and oxygen atoms in total. The van der Waals surface area contributed by atoms with Crippen LogP contribution in [0.2, 0.25) is 0 Å². The molecule has 0 saturated heterocycles. The molecule has 63 heavy (non-hydrogen) atoms. The molecular weight excluding hydrogens is 767 g/mol. The van der Waals surface area contributed by atoms with Crippen LogP contribution in [-0.2, 0) is 6.42 Å². The first-order chi connectivity index (χ1) is 31.2. The van der Waals surface area contributed by atoms with Crippen LogP contribution >= 0.6 is 0 Å². The summed E-state index contributed by atoms with van der Waals surface area (Å²) in [7, 11) is 0. The molecule has 0 amide bonds. The van der Waals surface area contributed by atoms with Crippen molar-refractivity contribution >= 4 is 35.4 Å². The molecule has 5 aromatic carbocycles. The molecule has 0 spiro atoms. The highest BCUT2D eigenvalue weighted by Gasteiger charge is 2.61. The molecule has 3 heterocycles. The fourth-order valence-corrected chi connectivity index (χ4v) is 12.2. The molecule has 2 aliphatic heterocycles. The van der Waals surface area contributed by atoms with Gasteiger partial charge >= 0.3 is 0 Å². The van der Waals surface area contributed by atoms with Crippen molar-refractivity contribution in [2.24, 2.45) is 34.6 Å². The van der Waals surface area contributed by atoms with Gasteiger partial charge in [-0.05, 0) is 119 Å². The van der Waals surface area contributed by atoms with Crippen LogP contribution in [0.4, 0.5) is 11.4 Å². The van der Waals surface area contributed by atoms with Crippen LogP contribution in [0.25, 0.3) is 35.0 Å². The number of nitrogens with zero attached hydrogens (tertiary/aromatic N) is 3. The van der Waals surface area contributed by atoms with E-state index < -0.39 is 0 Å². The second kappa shape index (κ2) is 15.0. The van der Waals surface area contributed by atoms with E-state index in [2.05, 4.69) is 214 Å². The van der Waals surface area contributed by atoms with E-state index in [4.69, 9.17) is 4.99 Å². The monoisotopic (exact) mass is 817 g/mol. The van der Waals surface area contributed by atoms with Gasteiger partial charge in [0.2, 0.25) is 0 Å². The number of allylic oxidation sites excluding steroid dienone is 5. The van der Waals surface area contributed by atoms with Gasteiger partial charge in [-0.25, -0.2) is 4.99 Å². The van der Waals surface area contributed by atoms with Gasteiger partial charge in [-0.1, -0.05) is 158 Å². The lowest BCUT2D eigenvalue weighted by atomic mass is 9.84. The molecule has 0 radical (unpaired) electrons. The van der Waals surface area contributed by atoms with Crippen molar-refractivity contribution in [3.8, 4) is 16.8 Å². The Hall–Kier alpha value is -6.69. The summed E-state index contributed by atoms with van der Waals surface area (Å²) < 4.78 is 2.54. The fourth-order valence-electron chi connectivity index (χ4n) is 12.2. The number of aliphatic imine (C=N–C) groups is 1. The number of aromatic nitrogens is 1. The number of hydrogen-bond acceptors (Lipinski definition) is 4. The molecule has 13 rings (SSSR count). The molecule has 0 bridgehead atoms. The summed E-state index contributed by atoms with van der Waals surface area (Å²) in [5.41, 5.74) is 13.1. The van der Waals surface area contributed by atoms with Crippen LogP contribution in [0.1, 0.15) is 59.3 Å². The maximum Gasteiger partial charge on any atom is 0.131 e. The lowest BCUT2D eigenvalue weighted by Crippen LogP contribution is -2.54. The summed E-state index contributed by atoms with van der Waals surface area (Å²) in [6, 6.07) is 49.3. The van der Waals surface area contributed by atoms with Gasteiger partial charge in [0.25, 0.3) is 0 Å². The Morgan fingerprint density at radius 1 is 0.635 bits per heavy atom. The van der Waals surface area contributed by atoms with Gasteiger partial charge in [-0.2, -0.15) is 0 Å². The molecule has 5 heteroatoms. The number of benzene rings is 5. The van der Waals surface area contributed by atoms with Crippen LogP contribution in [0.3, 0.4) is 0 Å². The topological polar surface area (TPSA) is 44.6 Å². The third-order valence-electron chi connectivity index (χ3n) is 15.1. The molecule has 2 N–H and O–H groups in total. The van der Waals surface area contributed by atoms with Gasteiger partial charge in [0.1, 0.15) is 12.0 Å². The minimum atomic E-state index is -0.149. The zero-order valence-electron chi connectivity index (χ0n) is 35.3. The normalized spacial score (nSPS) is 28.0. The first-order valence-electron chi connectivity index (χ1n) is 23.2. The van der Waals surface area contributed by atoms with Crippen LogP contribution < -0.4 is 26.1 Å². The number of nitrogens with one attached hydrogen (secondary N) is 2. The van der Waals surface area contributed by atoms with Crippen LogP contribution in [0.15, 0.2) is 181 Å². The molecule has 1 fully saturated rings. The van der Waals surface area contributed by atoms with Gasteiger partial charge in [0.15, 0.2) is 0 Å². The highest BCUT2D eigenvalue weighted by atomic mass is 15.3. The maximum absolute atomic E-state index is 5.25. The third-order valence-corrected chi connectivity index (χ3v) is 15.1. The SMILES string of the molecule is C1=CCC(C2NC(c3ccccc3)=NC(c3ccc(N4c5ccccc5C5C6C(C=CC54)C6C4C=c5c6c(n(-c7ccc(-c8ccccc8)cc7)c5=CC4)C=CCC6)cc3)N2)C=C1. The van der Waals surface area contributed by atoms with Crippen LogP contribution in [-0.4, -0.2) is 22.6 Å². The van der Waals surface area contributed by atoms with E-state index in [1.54, 1.807) is 0 Å². The van der Waals surface area contributed by atoms with Crippen molar-refractivity contribution in [2.45, 2.75) is 50.0 Å². The van der Waals surface area contributed by atoms with Crippen molar-refractivity contribution in [3.63, 3.8) is 0 Å². The second-order valence-corrected chi connectivity index (χ2v) is 18.5. The first kappa shape index (κ1) is 36.9. The van der Waals surface area contributed by atoms with Crippen molar-refractivity contribution in [1.29, 1.82) is 0 Å². The quantitative estimate of drug-likeness (QED) is 0.158. The molecular formula is C58H51N5. The molecule has 9 unspecified atom stereocenters. The van der Waals surface area contributed by atoms with Crippen molar-refractivity contribution in [3.05, 3.63) is 215 Å². The number of para-hydroxylation sites is 1. The zero-order valence-corrected chi connectivity index (χ0v) is 35.3. The minimum absolute atomic E-state index is 0.0759. The molecule has 1 saturated carbocycles. The smallest absolute Gasteiger partial charge is 0.131 e. The average Bonchev–Trinajstić information content (AvgIpc) is 3.87. The van der Waals surface area contributed by atoms with E-state index in [0.717, 1.165) is 37.1 Å². The Bertz CT molecular complexity index is 3010. The molecule has 9 atom stereocenters. The van der Waals surface area contributed by atoms with Crippen LogP contribution in [0, 0.1) is 29.6 Å². The van der Waals surface area contributed by atoms with Crippen molar-refractivity contribution in [1.82, 2.24) is 15.2 Å². The van der Waals surface area contributed by atoms with E-state index in [-0.39, 0.29) is 12.3 Å². The van der Waals surface area contributed by atoms with Crippen LogP contribution in [0.5, 0.6) is 0 Å². The summed E-state index contributed by atoms with van der Waals surface area (Å²) in [6.45, 7) is 0. The number of rotatable bonds is 7. The van der Waals surface area contributed by atoms with Gasteiger partial charge in [-0.15, -0.1) is 0 Å². The molecule has 1 aromatic heterocycles. The fraction of sp³-hybridized carbons (Fsp3) is 0.224. The minimum Gasteiger partial charge on any atom is -0.354 e. The van der Waals surface area contributed by atoms with Crippen molar-refractivity contribution in [2.75, 3.05) is 4.90 Å². The average molecular weight is 818 g/mol. The summed E-state index contributed by atoms with van der Waals surface area (Å²) in [5.74, 6) is 4.19. The lowest BCUT2D eigenvalue weighted by molar-refractivity contribution is 0.328. The predicted molar refractivity (Wildman–Crippen MR) is 258 cm³/mol. The molecule has 6 aromatic rings. The maximum atomic E-state index is 5.25. The number of fused-ring (bicyclic) bond motifs is 8. The Labute approximate surface area is 369 Å². The van der Waals surface area contributed by atoms with Gasteiger partial charge in [0.05, 0.1) is 12.2 Å². The Balaban J connectivity index is 0.789. The lowest BCUT2D eigenvalue weighted by Gasteiger charge is -2.36.